The first kappa shape index (κ1) is 67.9. The number of nitrogens with zero attached hydrogens (tertiary/aromatic N) is 4. The van der Waals surface area contributed by atoms with E-state index in [2.05, 4.69) is 159 Å². The zero-order chi connectivity index (χ0) is 76.0. The van der Waals surface area contributed by atoms with Gasteiger partial charge in [-0.2, -0.15) is 0 Å². The third kappa shape index (κ3) is 7.43. The Balaban J connectivity index is 0.813. The first-order chi connectivity index (χ1) is 51.5. The van der Waals surface area contributed by atoms with Gasteiger partial charge in [-0.05, 0) is 336 Å². The van der Waals surface area contributed by atoms with Crippen LogP contribution in [0.2, 0.25) is 0 Å². The van der Waals surface area contributed by atoms with E-state index in [0.29, 0.717) is 89.1 Å². The Hall–Kier alpha value is -7.92. The van der Waals surface area contributed by atoms with Gasteiger partial charge in [0.1, 0.15) is 0 Å². The number of hydrogen-bond acceptors (Lipinski definition) is 16. The number of fused-ring (bicyclic) bond motifs is 26. The van der Waals surface area contributed by atoms with Crippen molar-refractivity contribution >= 4 is 164 Å². The summed E-state index contributed by atoms with van der Waals surface area (Å²) in [5.41, 5.74) is 14.1. The second-order valence-corrected chi connectivity index (χ2v) is 46.2. The fourth-order valence-electron chi connectivity index (χ4n) is 22.1. The van der Waals surface area contributed by atoms with E-state index in [1.54, 1.807) is 94.1 Å². The molecule has 4 saturated heterocycles. The number of thioether (sulfide) groups is 8. The van der Waals surface area contributed by atoms with Crippen molar-refractivity contribution in [3.63, 3.8) is 0 Å². The van der Waals surface area contributed by atoms with Crippen molar-refractivity contribution in [2.45, 2.75) is 154 Å². The maximum absolute atomic E-state index is 16.2. The fraction of sp³-hybridized carbons (Fsp3) is 0.281. The van der Waals surface area contributed by atoms with Crippen LogP contribution in [0.4, 0.5) is 22.7 Å². The maximum Gasteiger partial charge on any atom is 0.266 e. The molecule has 4 aromatic carbocycles. The zero-order valence-electron chi connectivity index (χ0n) is 62.4. The summed E-state index contributed by atoms with van der Waals surface area (Å²) in [5, 5.41) is 0. The van der Waals surface area contributed by atoms with E-state index in [9.17, 15) is 0 Å². The largest absolute Gasteiger partial charge is 0.268 e. The predicted octanol–water partition coefficient (Wildman–Crippen LogP) is 19.2. The van der Waals surface area contributed by atoms with Crippen LogP contribution in [0.3, 0.4) is 0 Å². The molecule has 8 atom stereocenters. The molecule has 12 aliphatic heterocycles. The third-order valence-electron chi connectivity index (χ3n) is 27.2. The molecule has 0 aromatic heterocycles. The standard InChI is InChI=1S/C89H68N4O8S8/c1-37-25-57-65-66(58-26-38(2)103-82(58,10)81(57,9)102-37)74(95)90(73(65)94)45-17-21-49-50-22-18-46(91-75(96)67-59-27-39(3)104-83(59,11)84(12)60(28-40(4)105-84)68(67)76(91)97)34-54(50)89(53(49)33-45)55-35-47(92-77(98)69-61-29-41(5)106-85(61,13)86(14)62(30-42(6)107-86)70(69)78(92)99)19-23-51(55)52-24-20-48(36-56(52)89)93-79(100)71-63-31-43(7)108-87(63,15)88(16)64(32-44(8)109-88)72(71)80(93)101/h17-36H,1-16H3/t81-,82-,83+,84+,85-,86-,87+,88+,89?. The number of hydrogen-bond donors (Lipinski definition) is 0. The van der Waals surface area contributed by atoms with E-state index in [1.165, 1.54) is 19.6 Å². The van der Waals surface area contributed by atoms with Crippen molar-refractivity contribution in [3.05, 3.63) is 272 Å². The van der Waals surface area contributed by atoms with Gasteiger partial charge in [-0.25, -0.2) is 19.6 Å². The van der Waals surface area contributed by atoms with E-state index in [-0.39, 0.29) is 22.7 Å². The normalized spacial score (nSPS) is 33.2. The molecule has 4 aromatic rings. The van der Waals surface area contributed by atoms with Gasteiger partial charge in [-0.3, -0.25) is 38.4 Å². The molecule has 0 bridgehead atoms. The number of anilines is 4. The van der Waals surface area contributed by atoms with Gasteiger partial charge < -0.3 is 0 Å². The molecule has 12 heterocycles. The predicted molar refractivity (Wildman–Crippen MR) is 447 cm³/mol. The van der Waals surface area contributed by atoms with E-state index < -0.39 is 90.6 Å². The number of carbonyl (C=O) groups is 8. The van der Waals surface area contributed by atoms with E-state index >= 15 is 38.4 Å². The smallest absolute Gasteiger partial charge is 0.266 e. The monoisotopic (exact) mass is 1580 g/mol. The second-order valence-electron chi connectivity index (χ2n) is 32.9. The van der Waals surface area contributed by atoms with Crippen LogP contribution in [0.5, 0.6) is 0 Å². The molecular weight excluding hydrogens is 1510 g/mol. The Morgan fingerprint density at radius 2 is 0.358 bits per heavy atom. The minimum Gasteiger partial charge on any atom is -0.268 e. The van der Waals surface area contributed by atoms with E-state index in [4.69, 9.17) is 0 Å². The number of rotatable bonds is 4. The summed E-state index contributed by atoms with van der Waals surface area (Å²) in [6.45, 7) is 33.8. The lowest BCUT2D eigenvalue weighted by molar-refractivity contribution is -0.121. The van der Waals surface area contributed by atoms with Crippen molar-refractivity contribution in [3.8, 4) is 22.3 Å². The number of imide groups is 4. The molecular formula is C89H68N4O8S8. The molecule has 0 N–H and O–H groups in total. The fourth-order valence-corrected chi connectivity index (χ4v) is 34.3. The lowest BCUT2D eigenvalue weighted by Crippen LogP contribution is -2.48. The Bertz CT molecular complexity index is 5250. The maximum atomic E-state index is 16.2. The van der Waals surface area contributed by atoms with Gasteiger partial charge in [0.05, 0.1) is 111 Å². The van der Waals surface area contributed by atoms with Crippen LogP contribution >= 0.6 is 94.1 Å². The van der Waals surface area contributed by atoms with Crippen molar-refractivity contribution in [2.75, 3.05) is 19.6 Å². The average molecular weight is 1580 g/mol. The summed E-state index contributed by atoms with van der Waals surface area (Å²) in [7, 11) is 0. The molecule has 540 valence electrons. The van der Waals surface area contributed by atoms with Crippen LogP contribution in [-0.4, -0.2) is 85.2 Å². The van der Waals surface area contributed by atoms with E-state index in [1.807, 2.05) is 72.8 Å². The Labute approximate surface area is 665 Å². The minimum absolute atomic E-state index is 0.285. The molecule has 6 aliphatic carbocycles. The lowest BCUT2D eigenvalue weighted by atomic mass is 9.70. The molecule has 20 heteroatoms. The van der Waals surface area contributed by atoms with Crippen LogP contribution in [0.1, 0.15) is 133 Å². The summed E-state index contributed by atoms with van der Waals surface area (Å²) >= 11 is 13.8. The number of benzene rings is 4. The Morgan fingerprint density at radius 3 is 0.495 bits per heavy atom. The minimum atomic E-state index is -1.63. The first-order valence-electron chi connectivity index (χ1n) is 36.7. The van der Waals surface area contributed by atoms with Gasteiger partial charge in [0.15, 0.2) is 0 Å². The third-order valence-corrected chi connectivity index (χ3v) is 39.5. The van der Waals surface area contributed by atoms with Crippen LogP contribution in [0, 0.1) is 0 Å². The highest BCUT2D eigenvalue weighted by atomic mass is 32.2. The molecule has 0 radical (unpaired) electrons. The molecule has 22 rings (SSSR count). The van der Waals surface area contributed by atoms with Gasteiger partial charge in [0.25, 0.3) is 47.3 Å². The van der Waals surface area contributed by atoms with Gasteiger partial charge in [-0.1, -0.05) is 24.3 Å². The summed E-state index contributed by atoms with van der Waals surface area (Å²) in [4.78, 5) is 143. The van der Waals surface area contributed by atoms with Crippen molar-refractivity contribution < 1.29 is 38.4 Å². The molecule has 0 unspecified atom stereocenters. The number of carbonyl (C=O) groups excluding carboxylic acids is 8. The Morgan fingerprint density at radius 1 is 0.220 bits per heavy atom. The van der Waals surface area contributed by atoms with Gasteiger partial charge in [-0.15, -0.1) is 94.1 Å². The lowest BCUT2D eigenvalue weighted by Gasteiger charge is -2.46. The molecule has 109 heavy (non-hydrogen) atoms. The molecule has 0 saturated carbocycles. The molecule has 1 spiro atoms. The van der Waals surface area contributed by atoms with Gasteiger partial charge >= 0.3 is 0 Å². The van der Waals surface area contributed by atoms with Crippen LogP contribution in [0.15, 0.2) is 250 Å². The van der Waals surface area contributed by atoms with Gasteiger partial charge in [0.2, 0.25) is 0 Å². The van der Waals surface area contributed by atoms with E-state index in [0.717, 1.165) is 83.8 Å². The number of amides is 8. The van der Waals surface area contributed by atoms with Crippen LogP contribution in [-0.2, 0) is 43.8 Å². The SMILES string of the molecule is CC1=CC2=C3C(=O)N(c4ccc5c(c4)C4(c6cc(N7C(=O)C8=C9C=C(C)S[C@]9(C)[C@@]9(C)SC(C)=CC9=C8C7=O)ccc6-c6ccc(N7C(=O)C8=C9C=C(C)S[C@@]9(C)[C@]9(C)SC(C)=CC9=C8C7=O)cc64)c4cc(N6C(=O)C7=C8C=C(C)S[C@@]8(C)[C@]8(C)SC(C)=CC8=C7C6=O)ccc4-5)C(=O)C3=C3C=C(C)S[C@]3(C)[C@@]2(C)S1. The second kappa shape index (κ2) is 20.7. The van der Waals surface area contributed by atoms with Crippen molar-refractivity contribution in [1.29, 1.82) is 0 Å². The molecule has 4 fully saturated rings. The topological polar surface area (TPSA) is 150 Å². The quantitative estimate of drug-likeness (QED) is 0.154. The Kier molecular flexibility index (Phi) is 12.9. The van der Waals surface area contributed by atoms with Crippen LogP contribution < -0.4 is 19.6 Å². The highest BCUT2D eigenvalue weighted by Crippen LogP contribution is 2.74. The summed E-state index contributed by atoms with van der Waals surface area (Å²) in [6, 6.07) is 22.7. The molecule has 18 aliphatic rings. The zero-order valence-corrected chi connectivity index (χ0v) is 68.9. The summed E-state index contributed by atoms with van der Waals surface area (Å²) in [5.74, 6) is -3.67. The molecule has 12 nitrogen and oxygen atoms in total. The summed E-state index contributed by atoms with van der Waals surface area (Å²) in [6.07, 6.45) is 16.6. The van der Waals surface area contributed by atoms with Crippen molar-refractivity contribution in [2.24, 2.45) is 0 Å². The highest BCUT2D eigenvalue weighted by Gasteiger charge is 2.69. The molecule has 8 amide bonds. The van der Waals surface area contributed by atoms with Crippen LogP contribution in [0.25, 0.3) is 22.3 Å². The number of allylic oxidation sites excluding steroid dienone is 16. The summed E-state index contributed by atoms with van der Waals surface area (Å²) < 4.78 is -4.83. The van der Waals surface area contributed by atoms with Gasteiger partial charge in [0, 0.05) is 0 Å². The highest BCUT2D eigenvalue weighted by molar-refractivity contribution is 8.10. The van der Waals surface area contributed by atoms with Crippen molar-refractivity contribution in [1.82, 2.24) is 0 Å². The average Bonchev–Trinajstić information content (AvgIpc) is 1.51. The first-order valence-corrected chi connectivity index (χ1v) is 43.2.